The number of amides is 1. The van der Waals surface area contributed by atoms with E-state index in [4.69, 9.17) is 4.42 Å². The van der Waals surface area contributed by atoms with Crippen molar-refractivity contribution in [1.82, 2.24) is 14.8 Å². The fraction of sp³-hybridized carbons (Fsp3) is 0.565. The highest BCUT2D eigenvalue weighted by Gasteiger charge is 2.24. The van der Waals surface area contributed by atoms with Crippen molar-refractivity contribution in [2.24, 2.45) is 5.92 Å². The quantitative estimate of drug-likeness (QED) is 0.698. The van der Waals surface area contributed by atoms with Crippen molar-refractivity contribution in [2.75, 3.05) is 13.1 Å². The molecule has 0 saturated carbocycles. The molecule has 1 aromatic carbocycles. The molecule has 5 heteroatoms. The van der Waals surface area contributed by atoms with Crippen LogP contribution in [0, 0.1) is 12.8 Å². The minimum Gasteiger partial charge on any atom is -0.447 e. The molecule has 1 amide bonds. The number of hydrogen-bond donors (Lipinski definition) is 0. The van der Waals surface area contributed by atoms with Crippen molar-refractivity contribution < 1.29 is 9.21 Å². The van der Waals surface area contributed by atoms with E-state index in [0.29, 0.717) is 30.1 Å². The van der Waals surface area contributed by atoms with Gasteiger partial charge in [-0.25, -0.2) is 4.98 Å². The maximum atomic E-state index is 12.7. The highest BCUT2D eigenvalue weighted by Crippen LogP contribution is 2.19. The SMILES string of the molecule is Cc1ccc(CN(Cc2nc(C(=O)N3CCCCC3)co2)[C@@H](C)C(C)C)cc1. The van der Waals surface area contributed by atoms with Gasteiger partial charge >= 0.3 is 0 Å². The van der Waals surface area contributed by atoms with Gasteiger partial charge in [0, 0.05) is 25.7 Å². The van der Waals surface area contributed by atoms with Crippen LogP contribution in [0.4, 0.5) is 0 Å². The summed E-state index contributed by atoms with van der Waals surface area (Å²) in [6.45, 7) is 11.9. The molecule has 1 aromatic heterocycles. The maximum Gasteiger partial charge on any atom is 0.275 e. The van der Waals surface area contributed by atoms with Gasteiger partial charge in [-0.2, -0.15) is 0 Å². The zero-order valence-corrected chi connectivity index (χ0v) is 17.6. The molecule has 3 rings (SSSR count). The van der Waals surface area contributed by atoms with E-state index in [9.17, 15) is 4.79 Å². The third-order valence-electron chi connectivity index (χ3n) is 5.80. The number of benzene rings is 1. The van der Waals surface area contributed by atoms with Crippen LogP contribution in [0.1, 0.15) is 67.5 Å². The number of piperidine rings is 1. The van der Waals surface area contributed by atoms with Crippen molar-refractivity contribution in [1.29, 1.82) is 0 Å². The number of aryl methyl sites for hydroxylation is 1. The summed E-state index contributed by atoms with van der Waals surface area (Å²) < 4.78 is 5.69. The number of carbonyl (C=O) groups is 1. The predicted octanol–water partition coefficient (Wildman–Crippen LogP) is 4.66. The summed E-state index contributed by atoms with van der Waals surface area (Å²) in [6.07, 6.45) is 4.88. The van der Waals surface area contributed by atoms with Crippen LogP contribution in [0.15, 0.2) is 34.9 Å². The van der Waals surface area contributed by atoms with Crippen LogP contribution in [0.2, 0.25) is 0 Å². The smallest absolute Gasteiger partial charge is 0.275 e. The molecule has 0 bridgehead atoms. The molecule has 2 aromatic rings. The topological polar surface area (TPSA) is 49.6 Å². The Labute approximate surface area is 168 Å². The average Bonchev–Trinajstić information content (AvgIpc) is 3.17. The van der Waals surface area contributed by atoms with E-state index >= 15 is 0 Å². The molecule has 1 atom stereocenters. The lowest BCUT2D eigenvalue weighted by molar-refractivity contribution is 0.0718. The molecule has 2 heterocycles. The Kier molecular flexibility index (Phi) is 6.89. The molecule has 0 aliphatic carbocycles. The van der Waals surface area contributed by atoms with Crippen molar-refractivity contribution in [3.63, 3.8) is 0 Å². The minimum atomic E-state index is -0.00306. The average molecular weight is 384 g/mol. The summed E-state index contributed by atoms with van der Waals surface area (Å²) >= 11 is 0. The van der Waals surface area contributed by atoms with Crippen LogP contribution < -0.4 is 0 Å². The highest BCUT2D eigenvalue weighted by atomic mass is 16.3. The van der Waals surface area contributed by atoms with E-state index in [0.717, 1.165) is 32.5 Å². The van der Waals surface area contributed by atoms with Gasteiger partial charge in [0.25, 0.3) is 5.91 Å². The number of hydrogen-bond acceptors (Lipinski definition) is 4. The lowest BCUT2D eigenvalue weighted by Gasteiger charge is -2.30. The third kappa shape index (κ3) is 5.22. The van der Waals surface area contributed by atoms with Gasteiger partial charge in [0.15, 0.2) is 5.69 Å². The summed E-state index contributed by atoms with van der Waals surface area (Å²) in [5.74, 6) is 1.12. The standard InChI is InChI=1S/C23H33N3O2/c1-17(2)19(4)26(14-20-10-8-18(3)9-11-20)15-22-24-21(16-28-22)23(27)25-12-6-5-7-13-25/h8-11,16-17,19H,5-7,12-15H2,1-4H3/t19-/m0/s1. The predicted molar refractivity (Wildman–Crippen MR) is 111 cm³/mol. The van der Waals surface area contributed by atoms with Crippen molar-refractivity contribution in [3.8, 4) is 0 Å². The Morgan fingerprint density at radius 1 is 1.11 bits per heavy atom. The first-order valence-corrected chi connectivity index (χ1v) is 10.5. The van der Waals surface area contributed by atoms with E-state index in [1.165, 1.54) is 23.8 Å². The van der Waals surface area contributed by atoms with Gasteiger partial charge in [0.05, 0.1) is 6.54 Å². The minimum absolute atomic E-state index is 0.00306. The Balaban J connectivity index is 1.70. The van der Waals surface area contributed by atoms with E-state index in [-0.39, 0.29) is 5.91 Å². The van der Waals surface area contributed by atoms with Crippen LogP contribution in [-0.4, -0.2) is 39.8 Å². The molecule has 0 unspecified atom stereocenters. The van der Waals surface area contributed by atoms with Crippen molar-refractivity contribution in [3.05, 3.63) is 53.2 Å². The Morgan fingerprint density at radius 2 is 1.79 bits per heavy atom. The number of carbonyl (C=O) groups excluding carboxylic acids is 1. The molecular formula is C23H33N3O2. The Bertz CT molecular complexity index is 760. The second-order valence-corrected chi connectivity index (χ2v) is 8.35. The summed E-state index contributed by atoms with van der Waals surface area (Å²) in [7, 11) is 0. The first-order valence-electron chi connectivity index (χ1n) is 10.5. The van der Waals surface area contributed by atoms with Crippen LogP contribution >= 0.6 is 0 Å². The van der Waals surface area contributed by atoms with Gasteiger partial charge in [0.2, 0.25) is 5.89 Å². The number of aromatic nitrogens is 1. The highest BCUT2D eigenvalue weighted by molar-refractivity contribution is 5.92. The molecule has 1 saturated heterocycles. The van der Waals surface area contributed by atoms with Gasteiger partial charge in [-0.1, -0.05) is 43.7 Å². The van der Waals surface area contributed by atoms with Crippen LogP contribution in [0.25, 0.3) is 0 Å². The van der Waals surface area contributed by atoms with E-state index in [1.807, 2.05) is 4.90 Å². The van der Waals surface area contributed by atoms with Gasteiger partial charge in [-0.05, 0) is 44.6 Å². The zero-order valence-electron chi connectivity index (χ0n) is 17.6. The molecule has 0 spiro atoms. The first-order chi connectivity index (χ1) is 13.4. The molecule has 5 nitrogen and oxygen atoms in total. The van der Waals surface area contributed by atoms with Crippen LogP contribution in [0.5, 0.6) is 0 Å². The fourth-order valence-electron chi connectivity index (χ4n) is 3.61. The summed E-state index contributed by atoms with van der Waals surface area (Å²) in [4.78, 5) is 21.4. The van der Waals surface area contributed by atoms with Crippen molar-refractivity contribution >= 4 is 5.91 Å². The van der Waals surface area contributed by atoms with E-state index < -0.39 is 0 Å². The molecular weight excluding hydrogens is 350 g/mol. The number of rotatable bonds is 7. The Hall–Kier alpha value is -2.14. The zero-order chi connectivity index (χ0) is 20.1. The molecule has 28 heavy (non-hydrogen) atoms. The first kappa shape index (κ1) is 20.6. The molecule has 1 fully saturated rings. The van der Waals surface area contributed by atoms with E-state index in [2.05, 4.69) is 61.8 Å². The number of oxazole rings is 1. The number of nitrogens with zero attached hydrogens (tertiary/aromatic N) is 3. The van der Waals surface area contributed by atoms with Gasteiger partial charge in [-0.15, -0.1) is 0 Å². The fourth-order valence-corrected chi connectivity index (χ4v) is 3.61. The monoisotopic (exact) mass is 383 g/mol. The van der Waals surface area contributed by atoms with Crippen LogP contribution in [0.3, 0.4) is 0 Å². The number of likely N-dealkylation sites (tertiary alicyclic amines) is 1. The second kappa shape index (κ2) is 9.37. The lowest BCUT2D eigenvalue weighted by atomic mass is 10.0. The maximum absolute atomic E-state index is 12.7. The summed E-state index contributed by atoms with van der Waals surface area (Å²) in [6, 6.07) is 9.02. The molecule has 1 aliphatic rings. The molecule has 152 valence electrons. The summed E-state index contributed by atoms with van der Waals surface area (Å²) in [5, 5.41) is 0. The van der Waals surface area contributed by atoms with Gasteiger partial charge in [0.1, 0.15) is 6.26 Å². The summed E-state index contributed by atoms with van der Waals surface area (Å²) in [5.41, 5.74) is 2.97. The normalized spacial score (nSPS) is 16.0. The Morgan fingerprint density at radius 3 is 2.43 bits per heavy atom. The lowest BCUT2D eigenvalue weighted by Crippen LogP contribution is -2.36. The van der Waals surface area contributed by atoms with Gasteiger partial charge < -0.3 is 9.32 Å². The van der Waals surface area contributed by atoms with Gasteiger partial charge in [-0.3, -0.25) is 9.69 Å². The second-order valence-electron chi connectivity index (χ2n) is 8.35. The van der Waals surface area contributed by atoms with Crippen LogP contribution in [-0.2, 0) is 13.1 Å². The van der Waals surface area contributed by atoms with E-state index in [1.54, 1.807) is 0 Å². The molecule has 0 radical (unpaired) electrons. The largest absolute Gasteiger partial charge is 0.447 e. The van der Waals surface area contributed by atoms with Crippen molar-refractivity contribution in [2.45, 2.75) is 66.1 Å². The molecule has 1 aliphatic heterocycles. The third-order valence-corrected chi connectivity index (χ3v) is 5.80. The molecule has 0 N–H and O–H groups in total.